The smallest absolute Gasteiger partial charge is 0.271 e. The molecule has 1 rings (SSSR count). The third kappa shape index (κ3) is 3.35. The van der Waals surface area contributed by atoms with Crippen LogP contribution < -0.4 is 16.4 Å². The molecule has 0 aliphatic rings. The van der Waals surface area contributed by atoms with E-state index in [0.717, 1.165) is 0 Å². The molecule has 1 aromatic heterocycles. The number of amides is 2. The van der Waals surface area contributed by atoms with Crippen molar-refractivity contribution in [2.24, 2.45) is 5.73 Å². The lowest BCUT2D eigenvalue weighted by atomic mass is 10.4. The molecular formula is C9H15N5O2. The molecule has 0 aromatic carbocycles. The summed E-state index contributed by atoms with van der Waals surface area (Å²) in [5.74, 6) is -0.630. The van der Waals surface area contributed by atoms with Gasteiger partial charge in [-0.1, -0.05) is 0 Å². The van der Waals surface area contributed by atoms with Gasteiger partial charge < -0.3 is 20.9 Å². The first-order chi connectivity index (χ1) is 7.67. The number of carbonyl (C=O) groups excluding carboxylic acids is 2. The van der Waals surface area contributed by atoms with E-state index in [9.17, 15) is 9.59 Å². The van der Waals surface area contributed by atoms with Gasteiger partial charge in [-0.3, -0.25) is 9.59 Å². The summed E-state index contributed by atoms with van der Waals surface area (Å²) in [5.41, 5.74) is 5.64. The molecule has 1 aromatic rings. The minimum atomic E-state index is -0.376. The highest BCUT2D eigenvalue weighted by Gasteiger charge is 2.09. The summed E-state index contributed by atoms with van der Waals surface area (Å²) in [6.45, 7) is 1.03. The molecule has 88 valence electrons. The first kappa shape index (κ1) is 12.2. The lowest BCUT2D eigenvalue weighted by molar-refractivity contribution is -0.119. The molecule has 1 heterocycles. The molecule has 0 bridgehead atoms. The predicted octanol–water partition coefficient (Wildman–Crippen LogP) is -1.68. The highest BCUT2D eigenvalue weighted by molar-refractivity contribution is 5.94. The predicted molar refractivity (Wildman–Crippen MR) is 57.7 cm³/mol. The van der Waals surface area contributed by atoms with Crippen LogP contribution in [0.3, 0.4) is 0 Å². The van der Waals surface area contributed by atoms with Crippen LogP contribution in [0.15, 0.2) is 12.5 Å². The molecule has 0 unspecified atom stereocenters. The molecule has 0 aliphatic carbocycles. The van der Waals surface area contributed by atoms with Gasteiger partial charge in [-0.15, -0.1) is 0 Å². The molecule has 0 saturated carbocycles. The Hall–Kier alpha value is -1.89. The van der Waals surface area contributed by atoms with Gasteiger partial charge in [-0.25, -0.2) is 4.98 Å². The average molecular weight is 225 g/mol. The van der Waals surface area contributed by atoms with E-state index in [1.807, 2.05) is 0 Å². The number of hydrogen-bond acceptors (Lipinski definition) is 4. The van der Waals surface area contributed by atoms with Crippen molar-refractivity contribution >= 4 is 11.8 Å². The Balaban J connectivity index is 2.49. The van der Waals surface area contributed by atoms with E-state index in [0.29, 0.717) is 13.1 Å². The Morgan fingerprint density at radius 1 is 1.56 bits per heavy atom. The van der Waals surface area contributed by atoms with E-state index in [1.165, 1.54) is 13.4 Å². The maximum Gasteiger partial charge on any atom is 0.271 e. The van der Waals surface area contributed by atoms with Crippen molar-refractivity contribution in [1.29, 1.82) is 0 Å². The summed E-state index contributed by atoms with van der Waals surface area (Å²) in [6, 6.07) is 0. The molecule has 0 saturated heterocycles. The van der Waals surface area contributed by atoms with Crippen molar-refractivity contribution in [3.8, 4) is 0 Å². The van der Waals surface area contributed by atoms with Crippen LogP contribution in [-0.2, 0) is 11.3 Å². The summed E-state index contributed by atoms with van der Waals surface area (Å²) in [4.78, 5) is 26.3. The van der Waals surface area contributed by atoms with E-state index in [4.69, 9.17) is 5.73 Å². The Bertz CT molecular complexity index is 374. The number of aromatic nitrogens is 2. The average Bonchev–Trinajstić information content (AvgIpc) is 2.74. The number of nitrogens with zero attached hydrogens (tertiary/aromatic N) is 2. The molecule has 2 amide bonds. The van der Waals surface area contributed by atoms with Crippen molar-refractivity contribution in [3.63, 3.8) is 0 Å². The second kappa shape index (κ2) is 5.86. The summed E-state index contributed by atoms with van der Waals surface area (Å²) in [5, 5.41) is 4.85. The molecule has 16 heavy (non-hydrogen) atoms. The highest BCUT2D eigenvalue weighted by Crippen LogP contribution is 1.95. The molecule has 0 spiro atoms. The van der Waals surface area contributed by atoms with Crippen molar-refractivity contribution in [3.05, 3.63) is 18.2 Å². The number of rotatable bonds is 5. The van der Waals surface area contributed by atoms with Crippen molar-refractivity contribution < 1.29 is 9.59 Å². The maximum absolute atomic E-state index is 11.5. The number of nitrogens with two attached hydrogens (primary N) is 1. The molecule has 7 nitrogen and oxygen atoms in total. The summed E-state index contributed by atoms with van der Waals surface area (Å²) in [7, 11) is 1.50. The van der Waals surface area contributed by atoms with Gasteiger partial charge in [0.15, 0.2) is 0 Å². The fraction of sp³-hybridized carbons (Fsp3) is 0.444. The standard InChI is InChI=1S/C9H15N5O2/c1-11-8(15)4-12-9(16)7-5-14(3-2-10)6-13-7/h5-6H,2-4,10H2,1H3,(H,11,15)(H,12,16). The summed E-state index contributed by atoms with van der Waals surface area (Å²) < 4.78 is 1.72. The fourth-order valence-electron chi connectivity index (χ4n) is 1.09. The minimum Gasteiger partial charge on any atom is -0.358 e. The van der Waals surface area contributed by atoms with Gasteiger partial charge >= 0.3 is 0 Å². The second-order valence-electron chi connectivity index (χ2n) is 3.14. The molecular weight excluding hydrogens is 210 g/mol. The maximum atomic E-state index is 11.5. The van der Waals surface area contributed by atoms with Crippen LogP contribution in [-0.4, -0.2) is 41.5 Å². The number of carbonyl (C=O) groups is 2. The van der Waals surface area contributed by atoms with Gasteiger partial charge in [0.2, 0.25) is 5.91 Å². The monoisotopic (exact) mass is 225 g/mol. The lowest BCUT2D eigenvalue weighted by Crippen LogP contribution is -2.35. The molecule has 0 fully saturated rings. The third-order valence-corrected chi connectivity index (χ3v) is 1.94. The molecule has 0 radical (unpaired) electrons. The fourth-order valence-corrected chi connectivity index (χ4v) is 1.09. The van der Waals surface area contributed by atoms with Crippen LogP contribution in [0.2, 0.25) is 0 Å². The van der Waals surface area contributed by atoms with Crippen LogP contribution in [0.4, 0.5) is 0 Å². The first-order valence-electron chi connectivity index (χ1n) is 4.88. The zero-order valence-corrected chi connectivity index (χ0v) is 9.06. The van der Waals surface area contributed by atoms with Crippen molar-refractivity contribution in [2.45, 2.75) is 6.54 Å². The van der Waals surface area contributed by atoms with Gasteiger partial charge in [0.1, 0.15) is 5.69 Å². The molecule has 4 N–H and O–H groups in total. The third-order valence-electron chi connectivity index (χ3n) is 1.94. The first-order valence-corrected chi connectivity index (χ1v) is 4.88. The SMILES string of the molecule is CNC(=O)CNC(=O)c1cn(CCN)cn1. The van der Waals surface area contributed by atoms with Gasteiger partial charge in [0.25, 0.3) is 5.91 Å². The molecule has 0 atom stereocenters. The zero-order valence-electron chi connectivity index (χ0n) is 9.06. The number of nitrogens with one attached hydrogen (secondary N) is 2. The second-order valence-corrected chi connectivity index (χ2v) is 3.14. The minimum absolute atomic E-state index is 0.0565. The van der Waals surface area contributed by atoms with E-state index >= 15 is 0 Å². The van der Waals surface area contributed by atoms with Crippen molar-refractivity contribution in [1.82, 2.24) is 20.2 Å². The number of imidazole rings is 1. The molecule has 0 aliphatic heterocycles. The van der Waals surface area contributed by atoms with Crippen LogP contribution in [0, 0.1) is 0 Å². The number of hydrogen-bond donors (Lipinski definition) is 3. The van der Waals surface area contributed by atoms with Gasteiger partial charge in [-0.05, 0) is 0 Å². The van der Waals surface area contributed by atoms with Crippen LogP contribution in [0.25, 0.3) is 0 Å². The zero-order chi connectivity index (χ0) is 12.0. The van der Waals surface area contributed by atoms with Gasteiger partial charge in [0.05, 0.1) is 12.9 Å². The number of likely N-dealkylation sites (N-methyl/N-ethyl adjacent to an activating group) is 1. The van der Waals surface area contributed by atoms with E-state index in [-0.39, 0.29) is 24.1 Å². The van der Waals surface area contributed by atoms with E-state index < -0.39 is 0 Å². The Labute approximate surface area is 93.0 Å². The quantitative estimate of drug-likeness (QED) is 0.557. The van der Waals surface area contributed by atoms with Crippen LogP contribution >= 0.6 is 0 Å². The Morgan fingerprint density at radius 2 is 2.31 bits per heavy atom. The van der Waals surface area contributed by atoms with E-state index in [2.05, 4.69) is 15.6 Å². The van der Waals surface area contributed by atoms with Crippen LogP contribution in [0.1, 0.15) is 10.5 Å². The van der Waals surface area contributed by atoms with Crippen molar-refractivity contribution in [2.75, 3.05) is 20.1 Å². The lowest BCUT2D eigenvalue weighted by Gasteiger charge is -2.01. The highest BCUT2D eigenvalue weighted by atomic mass is 16.2. The van der Waals surface area contributed by atoms with E-state index in [1.54, 1.807) is 10.8 Å². The largest absolute Gasteiger partial charge is 0.358 e. The Morgan fingerprint density at radius 3 is 2.94 bits per heavy atom. The topological polar surface area (TPSA) is 102 Å². The normalized spacial score (nSPS) is 9.88. The summed E-state index contributed by atoms with van der Waals surface area (Å²) in [6.07, 6.45) is 3.12. The Kier molecular flexibility index (Phi) is 4.46. The van der Waals surface area contributed by atoms with Crippen LogP contribution in [0.5, 0.6) is 0 Å². The summed E-state index contributed by atoms with van der Waals surface area (Å²) >= 11 is 0. The van der Waals surface area contributed by atoms with Gasteiger partial charge in [0, 0.05) is 26.3 Å². The van der Waals surface area contributed by atoms with Gasteiger partial charge in [-0.2, -0.15) is 0 Å². The molecule has 7 heteroatoms.